The summed E-state index contributed by atoms with van der Waals surface area (Å²) in [6.07, 6.45) is 6.72. The fraction of sp³-hybridized carbons (Fsp3) is 0.333. The number of rotatable bonds is 4. The second-order valence-electron chi connectivity index (χ2n) is 5.39. The van der Waals surface area contributed by atoms with Gasteiger partial charge in [-0.05, 0) is 42.5 Å². The van der Waals surface area contributed by atoms with Gasteiger partial charge in [-0.1, -0.05) is 22.0 Å². The molecule has 0 bridgehead atoms. The average Bonchev–Trinajstić information content (AvgIpc) is 2.85. The Morgan fingerprint density at radius 2 is 2.33 bits per heavy atom. The maximum atomic E-state index is 10.9. The highest BCUT2D eigenvalue weighted by atomic mass is 79.9. The molecule has 0 saturated carbocycles. The molecule has 3 rings (SSSR count). The second-order valence-corrected chi connectivity index (χ2v) is 6.31. The molecule has 0 spiro atoms. The summed E-state index contributed by atoms with van der Waals surface area (Å²) in [6.45, 7) is 0.114. The number of aromatic nitrogens is 2. The van der Waals surface area contributed by atoms with Crippen LogP contribution in [0, 0.1) is 0 Å². The summed E-state index contributed by atoms with van der Waals surface area (Å²) in [5, 5.41) is 7.61. The number of hydrogen-bond acceptors (Lipinski definition) is 3. The number of hydrogen-bond donors (Lipinski definition) is 2. The van der Waals surface area contributed by atoms with E-state index in [1.165, 1.54) is 11.1 Å². The lowest BCUT2D eigenvalue weighted by Crippen LogP contribution is -2.27. The minimum absolute atomic E-state index is 0.114. The summed E-state index contributed by atoms with van der Waals surface area (Å²) in [5.41, 5.74) is 8.91. The van der Waals surface area contributed by atoms with Gasteiger partial charge in [0.1, 0.15) is 6.54 Å². The van der Waals surface area contributed by atoms with E-state index < -0.39 is 0 Å². The third-order valence-electron chi connectivity index (χ3n) is 3.72. The highest BCUT2D eigenvalue weighted by Crippen LogP contribution is 2.26. The minimum atomic E-state index is -0.387. The van der Waals surface area contributed by atoms with Crippen molar-refractivity contribution in [3.05, 3.63) is 46.2 Å². The van der Waals surface area contributed by atoms with E-state index in [0.29, 0.717) is 6.04 Å². The van der Waals surface area contributed by atoms with Crippen LogP contribution in [0.5, 0.6) is 0 Å². The fourth-order valence-electron chi connectivity index (χ4n) is 2.77. The van der Waals surface area contributed by atoms with Crippen LogP contribution >= 0.6 is 15.9 Å². The number of halogens is 1. The Labute approximate surface area is 131 Å². The van der Waals surface area contributed by atoms with Crippen molar-refractivity contribution >= 4 is 27.5 Å². The molecule has 1 aliphatic carbocycles. The first-order chi connectivity index (χ1) is 10.1. The number of nitrogens with one attached hydrogen (secondary N) is 1. The number of nitrogens with two attached hydrogens (primary N) is 1. The van der Waals surface area contributed by atoms with Crippen LogP contribution in [0.15, 0.2) is 35.1 Å². The summed E-state index contributed by atoms with van der Waals surface area (Å²) in [5.74, 6) is -0.387. The molecule has 1 heterocycles. The summed E-state index contributed by atoms with van der Waals surface area (Å²) in [6, 6.07) is 6.87. The van der Waals surface area contributed by atoms with E-state index >= 15 is 0 Å². The Bertz CT molecular complexity index is 667. The van der Waals surface area contributed by atoms with Crippen molar-refractivity contribution in [2.75, 3.05) is 5.32 Å². The van der Waals surface area contributed by atoms with Gasteiger partial charge in [-0.3, -0.25) is 9.48 Å². The van der Waals surface area contributed by atoms with Gasteiger partial charge in [0.15, 0.2) is 0 Å². The van der Waals surface area contributed by atoms with Crippen LogP contribution in [-0.4, -0.2) is 21.7 Å². The molecule has 5 nitrogen and oxygen atoms in total. The predicted octanol–water partition coefficient (Wildman–Crippen LogP) is 2.10. The summed E-state index contributed by atoms with van der Waals surface area (Å²) in [4.78, 5) is 10.9. The van der Waals surface area contributed by atoms with E-state index in [-0.39, 0.29) is 12.5 Å². The first kappa shape index (κ1) is 14.1. The molecule has 0 aliphatic heterocycles. The second kappa shape index (κ2) is 5.89. The molecule has 0 fully saturated rings. The molecule has 21 heavy (non-hydrogen) atoms. The van der Waals surface area contributed by atoms with Gasteiger partial charge in [0.05, 0.1) is 11.9 Å². The van der Waals surface area contributed by atoms with Crippen LogP contribution in [0.4, 0.5) is 5.69 Å². The van der Waals surface area contributed by atoms with Crippen LogP contribution in [0.1, 0.15) is 17.5 Å². The number of carbonyl (C=O) groups is 1. The Kier molecular flexibility index (Phi) is 3.96. The number of benzene rings is 1. The van der Waals surface area contributed by atoms with Crippen molar-refractivity contribution in [1.29, 1.82) is 0 Å². The van der Waals surface area contributed by atoms with Crippen LogP contribution in [0.25, 0.3) is 0 Å². The topological polar surface area (TPSA) is 72.9 Å². The van der Waals surface area contributed by atoms with Gasteiger partial charge >= 0.3 is 0 Å². The van der Waals surface area contributed by atoms with E-state index in [1.807, 2.05) is 6.20 Å². The van der Waals surface area contributed by atoms with Crippen molar-refractivity contribution in [3.63, 3.8) is 0 Å². The van der Waals surface area contributed by atoms with Gasteiger partial charge in [0.25, 0.3) is 0 Å². The number of aryl methyl sites for hydroxylation is 1. The summed E-state index contributed by atoms with van der Waals surface area (Å²) < 4.78 is 2.69. The lowest BCUT2D eigenvalue weighted by Gasteiger charge is -2.26. The SMILES string of the molecule is NC(=O)Cn1cc(NC2CCc3cc(Br)ccc3C2)cn1. The molecular weight excluding hydrogens is 332 g/mol. The van der Waals surface area contributed by atoms with E-state index in [1.54, 1.807) is 10.9 Å². The van der Waals surface area contributed by atoms with Gasteiger partial charge in [-0.15, -0.1) is 0 Å². The molecule has 0 radical (unpaired) electrons. The molecule has 110 valence electrons. The lowest BCUT2D eigenvalue weighted by atomic mass is 9.88. The van der Waals surface area contributed by atoms with Crippen molar-refractivity contribution in [2.24, 2.45) is 5.73 Å². The molecule has 3 N–H and O–H groups in total. The third-order valence-corrected chi connectivity index (χ3v) is 4.21. The predicted molar refractivity (Wildman–Crippen MR) is 85.0 cm³/mol. The molecular formula is C15H17BrN4O. The lowest BCUT2D eigenvalue weighted by molar-refractivity contribution is -0.118. The van der Waals surface area contributed by atoms with Gasteiger partial charge in [-0.25, -0.2) is 0 Å². The van der Waals surface area contributed by atoms with E-state index in [2.05, 4.69) is 44.5 Å². The largest absolute Gasteiger partial charge is 0.379 e. The zero-order valence-corrected chi connectivity index (χ0v) is 13.1. The van der Waals surface area contributed by atoms with Gasteiger partial charge in [-0.2, -0.15) is 5.10 Å². The third kappa shape index (κ3) is 3.44. The molecule has 1 aromatic carbocycles. The minimum Gasteiger partial charge on any atom is -0.379 e. The fourth-order valence-corrected chi connectivity index (χ4v) is 3.18. The molecule has 1 atom stereocenters. The summed E-state index contributed by atoms with van der Waals surface area (Å²) >= 11 is 3.52. The number of anilines is 1. The Morgan fingerprint density at radius 3 is 3.14 bits per heavy atom. The number of amides is 1. The van der Waals surface area contributed by atoms with Gasteiger partial charge in [0.2, 0.25) is 5.91 Å². The van der Waals surface area contributed by atoms with Crippen molar-refractivity contribution < 1.29 is 4.79 Å². The van der Waals surface area contributed by atoms with Gasteiger partial charge < -0.3 is 11.1 Å². The molecule has 1 aliphatic rings. The molecule has 2 aromatic rings. The molecule has 1 aromatic heterocycles. The van der Waals surface area contributed by atoms with E-state index in [0.717, 1.165) is 29.4 Å². The summed E-state index contributed by atoms with van der Waals surface area (Å²) in [7, 11) is 0. The molecule has 1 amide bonds. The van der Waals surface area contributed by atoms with Gasteiger partial charge in [0, 0.05) is 16.7 Å². The number of carbonyl (C=O) groups excluding carboxylic acids is 1. The Hall–Kier alpha value is -1.82. The maximum Gasteiger partial charge on any atom is 0.239 e. The normalized spacial score (nSPS) is 17.3. The van der Waals surface area contributed by atoms with Crippen LogP contribution in [-0.2, 0) is 24.2 Å². The van der Waals surface area contributed by atoms with Crippen LogP contribution < -0.4 is 11.1 Å². The molecule has 1 unspecified atom stereocenters. The number of fused-ring (bicyclic) bond motifs is 1. The standard InChI is InChI=1S/C15H17BrN4O/c16-12-3-1-11-6-13(4-2-10(11)5-12)19-14-7-18-20(8-14)9-15(17)21/h1,3,5,7-8,13,19H,2,4,6,9H2,(H2,17,21). The van der Waals surface area contributed by atoms with E-state index in [4.69, 9.17) is 5.73 Å². The molecule has 0 saturated heterocycles. The highest BCUT2D eigenvalue weighted by molar-refractivity contribution is 9.10. The average molecular weight is 349 g/mol. The van der Waals surface area contributed by atoms with Crippen molar-refractivity contribution in [2.45, 2.75) is 31.8 Å². The molecule has 6 heteroatoms. The highest BCUT2D eigenvalue weighted by Gasteiger charge is 2.19. The maximum absolute atomic E-state index is 10.9. The van der Waals surface area contributed by atoms with Crippen molar-refractivity contribution in [3.8, 4) is 0 Å². The van der Waals surface area contributed by atoms with Crippen LogP contribution in [0.2, 0.25) is 0 Å². The number of primary amides is 1. The van der Waals surface area contributed by atoms with Crippen molar-refractivity contribution in [1.82, 2.24) is 9.78 Å². The first-order valence-corrected chi connectivity index (χ1v) is 7.74. The van der Waals surface area contributed by atoms with E-state index in [9.17, 15) is 4.79 Å². The first-order valence-electron chi connectivity index (χ1n) is 6.95. The smallest absolute Gasteiger partial charge is 0.239 e. The zero-order valence-electron chi connectivity index (χ0n) is 11.6. The van der Waals surface area contributed by atoms with Crippen LogP contribution in [0.3, 0.4) is 0 Å². The monoisotopic (exact) mass is 348 g/mol. The Morgan fingerprint density at radius 1 is 1.48 bits per heavy atom. The zero-order chi connectivity index (χ0) is 14.8. The quantitative estimate of drug-likeness (QED) is 0.888. The number of nitrogens with zero attached hydrogens (tertiary/aromatic N) is 2. The Balaban J connectivity index is 1.65.